The Balaban J connectivity index is 2.72. The summed E-state index contributed by atoms with van der Waals surface area (Å²) >= 11 is 10.7. The Morgan fingerprint density at radius 1 is 1.47 bits per heavy atom. The van der Waals surface area contributed by atoms with Crippen LogP contribution in [0.2, 0.25) is 5.02 Å². The number of benzene rings is 1. The third kappa shape index (κ3) is 4.79. The molecule has 0 atom stereocenters. The Hall–Kier alpha value is 0.250. The Morgan fingerprint density at radius 3 is 2.76 bits per heavy atom. The predicted molar refractivity (Wildman–Crippen MR) is 77.3 cm³/mol. The van der Waals surface area contributed by atoms with Crippen LogP contribution in [0.1, 0.15) is 6.42 Å². The molecular weight excluding hydrogens is 346 g/mol. The van der Waals surface area contributed by atoms with Crippen molar-refractivity contribution in [3.63, 3.8) is 0 Å². The van der Waals surface area contributed by atoms with Gasteiger partial charge in [-0.25, -0.2) is 13.1 Å². The number of thioether (sulfide) groups is 1. The lowest BCUT2D eigenvalue weighted by Crippen LogP contribution is -2.25. The zero-order valence-corrected chi connectivity index (χ0v) is 13.2. The van der Waals surface area contributed by atoms with Crippen LogP contribution in [-0.4, -0.2) is 27.0 Å². The molecule has 0 bridgehead atoms. The van der Waals surface area contributed by atoms with Crippen molar-refractivity contribution < 1.29 is 8.42 Å². The summed E-state index contributed by atoms with van der Waals surface area (Å²) in [6.45, 7) is 0.448. The zero-order chi connectivity index (χ0) is 12.9. The van der Waals surface area contributed by atoms with Crippen molar-refractivity contribution in [2.75, 3.05) is 18.6 Å². The highest BCUT2D eigenvalue weighted by Crippen LogP contribution is 2.25. The normalized spacial score (nSPS) is 11.7. The molecule has 7 heteroatoms. The fourth-order valence-electron chi connectivity index (χ4n) is 1.15. The summed E-state index contributed by atoms with van der Waals surface area (Å²) in [7, 11) is -3.43. The van der Waals surface area contributed by atoms with Crippen LogP contribution in [0.3, 0.4) is 0 Å². The highest BCUT2D eigenvalue weighted by Gasteiger charge is 2.14. The molecular formula is C10H13BrClNO2S2. The molecule has 1 rings (SSSR count). The van der Waals surface area contributed by atoms with Gasteiger partial charge in [-0.2, -0.15) is 11.8 Å². The molecule has 1 aromatic rings. The van der Waals surface area contributed by atoms with Crippen molar-refractivity contribution in [2.24, 2.45) is 0 Å². The second-order valence-corrected chi connectivity index (χ2v) is 7.33. The first-order chi connectivity index (χ1) is 7.97. The van der Waals surface area contributed by atoms with E-state index in [0.29, 0.717) is 16.0 Å². The molecule has 0 aliphatic rings. The van der Waals surface area contributed by atoms with Crippen LogP contribution >= 0.6 is 39.3 Å². The van der Waals surface area contributed by atoms with Gasteiger partial charge in [-0.15, -0.1) is 0 Å². The predicted octanol–water partition coefficient (Wildman–Crippen LogP) is 3.13. The van der Waals surface area contributed by atoms with E-state index in [4.69, 9.17) is 11.6 Å². The lowest BCUT2D eigenvalue weighted by Gasteiger charge is -2.07. The second-order valence-electron chi connectivity index (χ2n) is 3.32. The van der Waals surface area contributed by atoms with E-state index in [2.05, 4.69) is 20.7 Å². The quantitative estimate of drug-likeness (QED) is 0.795. The van der Waals surface area contributed by atoms with E-state index in [1.807, 2.05) is 6.26 Å². The van der Waals surface area contributed by atoms with E-state index in [-0.39, 0.29) is 4.90 Å². The SMILES string of the molecule is CSCCCNS(=O)(=O)c1ccc(Cl)c(Br)c1. The van der Waals surface area contributed by atoms with Crippen LogP contribution in [0.25, 0.3) is 0 Å². The average Bonchev–Trinajstić information content (AvgIpc) is 2.28. The minimum atomic E-state index is -3.43. The van der Waals surface area contributed by atoms with Gasteiger partial charge in [-0.05, 0) is 52.6 Å². The summed E-state index contributed by atoms with van der Waals surface area (Å²) in [6.07, 6.45) is 2.81. The van der Waals surface area contributed by atoms with Gasteiger partial charge in [0.25, 0.3) is 0 Å². The van der Waals surface area contributed by atoms with Gasteiger partial charge in [-0.3, -0.25) is 0 Å². The molecule has 0 saturated carbocycles. The van der Waals surface area contributed by atoms with Crippen LogP contribution in [0.15, 0.2) is 27.6 Å². The highest BCUT2D eigenvalue weighted by atomic mass is 79.9. The van der Waals surface area contributed by atoms with Crippen molar-refractivity contribution in [1.82, 2.24) is 4.72 Å². The summed E-state index contributed by atoms with van der Waals surface area (Å²) in [6, 6.07) is 4.55. The number of hydrogen-bond donors (Lipinski definition) is 1. The largest absolute Gasteiger partial charge is 0.240 e. The molecule has 96 valence electrons. The first kappa shape index (κ1) is 15.3. The number of nitrogens with one attached hydrogen (secondary N) is 1. The molecule has 0 unspecified atom stereocenters. The fourth-order valence-corrected chi connectivity index (χ4v) is 3.33. The highest BCUT2D eigenvalue weighted by molar-refractivity contribution is 9.10. The lowest BCUT2D eigenvalue weighted by atomic mass is 10.4. The monoisotopic (exact) mass is 357 g/mol. The number of halogens is 2. The topological polar surface area (TPSA) is 46.2 Å². The third-order valence-electron chi connectivity index (χ3n) is 2.02. The summed E-state index contributed by atoms with van der Waals surface area (Å²) in [5, 5.41) is 0.492. The molecule has 0 aromatic heterocycles. The van der Waals surface area contributed by atoms with Crippen LogP contribution in [0.4, 0.5) is 0 Å². The molecule has 0 aliphatic heterocycles. The van der Waals surface area contributed by atoms with E-state index in [1.54, 1.807) is 17.8 Å². The maximum Gasteiger partial charge on any atom is 0.240 e. The number of rotatable bonds is 6. The van der Waals surface area contributed by atoms with Gasteiger partial charge in [0.1, 0.15) is 0 Å². The Kier molecular flexibility index (Phi) is 6.30. The molecule has 1 N–H and O–H groups in total. The molecule has 0 fully saturated rings. The molecule has 0 spiro atoms. The summed E-state index contributed by atoms with van der Waals surface area (Å²) < 4.78 is 26.9. The van der Waals surface area contributed by atoms with E-state index in [1.165, 1.54) is 12.1 Å². The maximum atomic E-state index is 11.9. The standard InChI is InChI=1S/C10H13BrClNO2S2/c1-16-6-2-5-13-17(14,15)8-3-4-10(12)9(11)7-8/h3-4,7,13H,2,5-6H2,1H3. The fraction of sp³-hybridized carbons (Fsp3) is 0.400. The van der Waals surface area contributed by atoms with Crippen molar-refractivity contribution in [3.05, 3.63) is 27.7 Å². The van der Waals surface area contributed by atoms with Crippen LogP contribution in [0.5, 0.6) is 0 Å². The van der Waals surface area contributed by atoms with Gasteiger partial charge in [-0.1, -0.05) is 11.6 Å². The Morgan fingerprint density at radius 2 is 2.18 bits per heavy atom. The molecule has 0 saturated heterocycles. The lowest BCUT2D eigenvalue weighted by molar-refractivity contribution is 0.581. The number of sulfonamides is 1. The van der Waals surface area contributed by atoms with Gasteiger partial charge in [0.05, 0.1) is 9.92 Å². The van der Waals surface area contributed by atoms with Gasteiger partial charge in [0, 0.05) is 11.0 Å². The van der Waals surface area contributed by atoms with Crippen LogP contribution in [0, 0.1) is 0 Å². The minimum Gasteiger partial charge on any atom is -0.211 e. The molecule has 0 radical (unpaired) electrons. The Labute approximate surface area is 119 Å². The van der Waals surface area contributed by atoms with Crippen molar-refractivity contribution in [1.29, 1.82) is 0 Å². The zero-order valence-electron chi connectivity index (χ0n) is 9.24. The molecule has 0 amide bonds. The van der Waals surface area contributed by atoms with Gasteiger partial charge in [0.2, 0.25) is 10.0 Å². The summed E-state index contributed by atoms with van der Waals surface area (Å²) in [5.41, 5.74) is 0. The van der Waals surface area contributed by atoms with E-state index < -0.39 is 10.0 Å². The van der Waals surface area contributed by atoms with Crippen molar-refractivity contribution >= 4 is 49.3 Å². The summed E-state index contributed by atoms with van der Waals surface area (Å²) in [5.74, 6) is 0.937. The molecule has 17 heavy (non-hydrogen) atoms. The van der Waals surface area contributed by atoms with E-state index in [0.717, 1.165) is 12.2 Å². The number of hydrogen-bond acceptors (Lipinski definition) is 3. The molecule has 3 nitrogen and oxygen atoms in total. The first-order valence-corrected chi connectivity index (χ1v) is 8.96. The maximum absolute atomic E-state index is 11.9. The van der Waals surface area contributed by atoms with Gasteiger partial charge in [0.15, 0.2) is 0 Å². The van der Waals surface area contributed by atoms with Crippen LogP contribution < -0.4 is 4.72 Å². The second kappa shape index (κ2) is 6.99. The van der Waals surface area contributed by atoms with E-state index >= 15 is 0 Å². The third-order valence-corrected chi connectivity index (χ3v) is 5.39. The molecule has 0 aliphatic carbocycles. The van der Waals surface area contributed by atoms with Gasteiger partial charge < -0.3 is 0 Å². The first-order valence-electron chi connectivity index (χ1n) is 4.91. The van der Waals surface area contributed by atoms with Crippen LogP contribution in [-0.2, 0) is 10.0 Å². The van der Waals surface area contributed by atoms with Crippen molar-refractivity contribution in [2.45, 2.75) is 11.3 Å². The smallest absolute Gasteiger partial charge is 0.211 e. The minimum absolute atomic E-state index is 0.220. The van der Waals surface area contributed by atoms with Crippen molar-refractivity contribution in [3.8, 4) is 0 Å². The van der Waals surface area contributed by atoms with E-state index in [9.17, 15) is 8.42 Å². The molecule has 1 aromatic carbocycles. The summed E-state index contributed by atoms with van der Waals surface area (Å²) in [4.78, 5) is 0.220. The average molecular weight is 359 g/mol. The molecule has 0 heterocycles. The Bertz CT molecular complexity index is 479. The van der Waals surface area contributed by atoms with Gasteiger partial charge >= 0.3 is 0 Å².